The summed E-state index contributed by atoms with van der Waals surface area (Å²) >= 11 is 0. The van der Waals surface area contributed by atoms with E-state index in [-0.39, 0.29) is 11.6 Å². The van der Waals surface area contributed by atoms with Crippen LogP contribution in [0.1, 0.15) is 60.8 Å². The highest BCUT2D eigenvalue weighted by Gasteiger charge is 2.24. The molecular formula is C15H20N4O3. The number of amides is 2. The number of carbonyl (C=O) groups is 2. The first-order chi connectivity index (χ1) is 10.7. The molecule has 1 aromatic heterocycles. The lowest BCUT2D eigenvalue weighted by atomic mass is 10.1. The number of ether oxygens (including phenoxy) is 1. The zero-order chi connectivity index (χ0) is 15.4. The van der Waals surface area contributed by atoms with E-state index in [2.05, 4.69) is 20.8 Å². The van der Waals surface area contributed by atoms with Crippen LogP contribution < -0.4 is 10.9 Å². The summed E-state index contributed by atoms with van der Waals surface area (Å²) in [5.74, 6) is 0.300. The van der Waals surface area contributed by atoms with Gasteiger partial charge in [-0.2, -0.15) is 0 Å². The molecule has 0 unspecified atom stereocenters. The van der Waals surface area contributed by atoms with Gasteiger partial charge in [-0.3, -0.25) is 20.4 Å². The van der Waals surface area contributed by atoms with Crippen molar-refractivity contribution < 1.29 is 14.3 Å². The first kappa shape index (κ1) is 14.9. The number of nitrogens with one attached hydrogen (secondary N) is 2. The lowest BCUT2D eigenvalue weighted by molar-refractivity contribution is -0.130. The fourth-order valence-corrected chi connectivity index (χ4v) is 2.93. The van der Waals surface area contributed by atoms with Crippen molar-refractivity contribution in [2.45, 2.75) is 50.5 Å². The van der Waals surface area contributed by atoms with Gasteiger partial charge in [0.15, 0.2) is 0 Å². The molecule has 2 fully saturated rings. The lowest BCUT2D eigenvalue weighted by Crippen LogP contribution is -2.46. The largest absolute Gasteiger partial charge is 0.368 e. The monoisotopic (exact) mass is 304 g/mol. The third kappa shape index (κ3) is 3.41. The highest BCUT2D eigenvalue weighted by molar-refractivity contribution is 5.94. The second-order valence-electron chi connectivity index (χ2n) is 5.73. The summed E-state index contributed by atoms with van der Waals surface area (Å²) in [6.45, 7) is 0.586. The first-order valence-corrected chi connectivity index (χ1v) is 7.79. The van der Waals surface area contributed by atoms with E-state index < -0.39 is 12.0 Å². The quantitative estimate of drug-likeness (QED) is 0.815. The van der Waals surface area contributed by atoms with Gasteiger partial charge >= 0.3 is 0 Å². The van der Waals surface area contributed by atoms with Gasteiger partial charge < -0.3 is 4.74 Å². The fourth-order valence-electron chi connectivity index (χ4n) is 2.93. The Bertz CT molecular complexity index is 551. The maximum Gasteiger partial charge on any atom is 0.288 e. The van der Waals surface area contributed by atoms with Crippen molar-refractivity contribution in [1.82, 2.24) is 20.8 Å². The van der Waals surface area contributed by atoms with Gasteiger partial charge in [0.2, 0.25) is 0 Å². The lowest BCUT2D eigenvalue weighted by Gasteiger charge is -2.12. The van der Waals surface area contributed by atoms with Crippen LogP contribution in [0.3, 0.4) is 0 Å². The number of rotatable bonds is 3. The molecule has 2 amide bonds. The highest BCUT2D eigenvalue weighted by Crippen LogP contribution is 2.31. The Hall–Kier alpha value is -2.02. The molecule has 1 aliphatic carbocycles. The molecule has 0 bridgehead atoms. The minimum absolute atomic E-state index is 0.268. The van der Waals surface area contributed by atoms with Gasteiger partial charge in [0.1, 0.15) is 17.6 Å². The third-order valence-electron chi connectivity index (χ3n) is 4.15. The predicted molar refractivity (Wildman–Crippen MR) is 77.8 cm³/mol. The average Bonchev–Trinajstić information content (AvgIpc) is 3.25. The summed E-state index contributed by atoms with van der Waals surface area (Å²) in [7, 11) is 0. The van der Waals surface area contributed by atoms with Crippen LogP contribution in [0.2, 0.25) is 0 Å². The van der Waals surface area contributed by atoms with Crippen molar-refractivity contribution in [3.63, 3.8) is 0 Å². The predicted octanol–water partition coefficient (Wildman–Crippen LogP) is 1.07. The summed E-state index contributed by atoms with van der Waals surface area (Å²) in [6, 6.07) is 1.55. The van der Waals surface area contributed by atoms with Gasteiger partial charge in [-0.25, -0.2) is 9.97 Å². The van der Waals surface area contributed by atoms with Crippen LogP contribution in [-0.2, 0) is 9.53 Å². The van der Waals surface area contributed by atoms with E-state index >= 15 is 0 Å². The minimum Gasteiger partial charge on any atom is -0.368 e. The Balaban J connectivity index is 1.57. The zero-order valence-electron chi connectivity index (χ0n) is 12.4. The standard InChI is InChI=1S/C15H20N4O3/c20-14(18-19-15(21)12-6-3-9-22-12)11-7-8-16-13(17-11)10-4-1-2-5-10/h7-8,10,12H,1-6,9H2,(H,18,20)(H,19,21)/t12-/m1/s1. The highest BCUT2D eigenvalue weighted by atomic mass is 16.5. The molecule has 1 aromatic rings. The summed E-state index contributed by atoms with van der Waals surface area (Å²) in [5.41, 5.74) is 5.04. The Morgan fingerprint density at radius 3 is 2.68 bits per heavy atom. The summed E-state index contributed by atoms with van der Waals surface area (Å²) in [6.07, 6.45) is 7.17. The van der Waals surface area contributed by atoms with Crippen molar-refractivity contribution in [3.05, 3.63) is 23.8 Å². The van der Waals surface area contributed by atoms with E-state index in [0.717, 1.165) is 25.1 Å². The first-order valence-electron chi connectivity index (χ1n) is 7.79. The average molecular weight is 304 g/mol. The molecule has 118 valence electrons. The third-order valence-corrected chi connectivity index (χ3v) is 4.15. The maximum atomic E-state index is 12.1. The van der Waals surface area contributed by atoms with Gasteiger partial charge in [0.25, 0.3) is 11.8 Å². The second-order valence-corrected chi connectivity index (χ2v) is 5.73. The van der Waals surface area contributed by atoms with E-state index in [1.54, 1.807) is 12.3 Å². The van der Waals surface area contributed by atoms with Crippen molar-refractivity contribution >= 4 is 11.8 Å². The summed E-state index contributed by atoms with van der Waals surface area (Å²) < 4.78 is 5.25. The number of aromatic nitrogens is 2. The van der Waals surface area contributed by atoms with E-state index in [1.165, 1.54) is 12.8 Å². The minimum atomic E-state index is -0.472. The Morgan fingerprint density at radius 2 is 1.95 bits per heavy atom. The molecule has 2 N–H and O–H groups in total. The molecule has 2 aliphatic rings. The van der Waals surface area contributed by atoms with Crippen molar-refractivity contribution in [3.8, 4) is 0 Å². The van der Waals surface area contributed by atoms with Crippen LogP contribution in [0.25, 0.3) is 0 Å². The van der Waals surface area contributed by atoms with Crippen LogP contribution >= 0.6 is 0 Å². The smallest absolute Gasteiger partial charge is 0.288 e. The molecule has 1 aliphatic heterocycles. The molecule has 22 heavy (non-hydrogen) atoms. The van der Waals surface area contributed by atoms with Gasteiger partial charge in [0.05, 0.1) is 0 Å². The van der Waals surface area contributed by atoms with Crippen LogP contribution in [0.5, 0.6) is 0 Å². The van der Waals surface area contributed by atoms with E-state index in [0.29, 0.717) is 18.9 Å². The molecule has 3 rings (SSSR count). The molecule has 7 heteroatoms. The van der Waals surface area contributed by atoms with Crippen LogP contribution in [0.4, 0.5) is 0 Å². The van der Waals surface area contributed by atoms with Crippen molar-refractivity contribution in [1.29, 1.82) is 0 Å². The molecule has 0 radical (unpaired) electrons. The van der Waals surface area contributed by atoms with Crippen molar-refractivity contribution in [2.75, 3.05) is 6.61 Å². The molecule has 0 spiro atoms. The number of hydrogen-bond donors (Lipinski definition) is 2. The molecule has 1 saturated heterocycles. The molecule has 0 aromatic carbocycles. The van der Waals surface area contributed by atoms with Crippen LogP contribution in [0, 0.1) is 0 Å². The van der Waals surface area contributed by atoms with Crippen molar-refractivity contribution in [2.24, 2.45) is 0 Å². The molecule has 2 heterocycles. The summed E-state index contributed by atoms with van der Waals surface area (Å²) in [5, 5.41) is 0. The Kier molecular flexibility index (Phi) is 4.62. The van der Waals surface area contributed by atoms with E-state index in [4.69, 9.17) is 4.74 Å². The summed E-state index contributed by atoms with van der Waals surface area (Å²) in [4.78, 5) is 32.4. The topological polar surface area (TPSA) is 93.2 Å². The van der Waals surface area contributed by atoms with Gasteiger partial charge in [-0.1, -0.05) is 12.8 Å². The zero-order valence-corrected chi connectivity index (χ0v) is 12.4. The fraction of sp³-hybridized carbons (Fsp3) is 0.600. The number of hydrazine groups is 1. The SMILES string of the molecule is O=C(NNC(=O)[C@H]1CCCO1)c1ccnc(C2CCCC2)n1. The Morgan fingerprint density at radius 1 is 1.14 bits per heavy atom. The number of carbonyl (C=O) groups excluding carboxylic acids is 2. The van der Waals surface area contributed by atoms with Crippen LogP contribution in [-0.4, -0.2) is 34.5 Å². The molecular weight excluding hydrogens is 284 g/mol. The van der Waals surface area contributed by atoms with E-state index in [1.807, 2.05) is 0 Å². The molecule has 7 nitrogen and oxygen atoms in total. The van der Waals surface area contributed by atoms with Gasteiger partial charge in [-0.15, -0.1) is 0 Å². The number of hydrogen-bond acceptors (Lipinski definition) is 5. The van der Waals surface area contributed by atoms with E-state index in [9.17, 15) is 9.59 Å². The van der Waals surface area contributed by atoms with Gasteiger partial charge in [0, 0.05) is 18.7 Å². The number of nitrogens with zero attached hydrogens (tertiary/aromatic N) is 2. The molecule has 1 atom stereocenters. The molecule has 1 saturated carbocycles. The maximum absolute atomic E-state index is 12.1. The normalized spacial score (nSPS) is 21.7. The van der Waals surface area contributed by atoms with Gasteiger partial charge in [-0.05, 0) is 31.7 Å². The van der Waals surface area contributed by atoms with Crippen LogP contribution in [0.15, 0.2) is 12.3 Å². The Labute approximate surface area is 128 Å². The second kappa shape index (κ2) is 6.83.